The molecule has 0 saturated carbocycles. The van der Waals surface area contributed by atoms with E-state index in [0.717, 1.165) is 17.0 Å². The average Bonchev–Trinajstić information content (AvgIpc) is 2.54. The number of anilines is 1. The lowest BCUT2D eigenvalue weighted by Crippen LogP contribution is -2.18. The lowest BCUT2D eigenvalue weighted by Gasteiger charge is -2.21. The topological polar surface area (TPSA) is 71.1 Å². The van der Waals surface area contributed by atoms with E-state index in [1.165, 1.54) is 0 Å². The predicted molar refractivity (Wildman–Crippen MR) is 84.1 cm³/mol. The van der Waals surface area contributed by atoms with Crippen molar-refractivity contribution < 1.29 is 9.94 Å². The molecule has 0 aliphatic carbocycles. The summed E-state index contributed by atoms with van der Waals surface area (Å²) >= 11 is 0. The molecule has 0 atom stereocenters. The van der Waals surface area contributed by atoms with Crippen LogP contribution >= 0.6 is 0 Å². The highest BCUT2D eigenvalue weighted by Gasteiger charge is 2.08. The van der Waals surface area contributed by atoms with Gasteiger partial charge in [-0.1, -0.05) is 35.5 Å². The van der Waals surface area contributed by atoms with Crippen LogP contribution in [-0.2, 0) is 6.54 Å². The second kappa shape index (κ2) is 6.65. The van der Waals surface area contributed by atoms with Crippen LogP contribution in [0.5, 0.6) is 5.75 Å². The quantitative estimate of drug-likeness (QED) is 0.383. The van der Waals surface area contributed by atoms with Gasteiger partial charge in [-0.25, -0.2) is 0 Å². The Labute approximate surface area is 124 Å². The molecule has 0 heterocycles. The fourth-order valence-corrected chi connectivity index (χ4v) is 2.14. The van der Waals surface area contributed by atoms with E-state index in [-0.39, 0.29) is 5.84 Å². The van der Waals surface area contributed by atoms with Gasteiger partial charge in [0.25, 0.3) is 0 Å². The van der Waals surface area contributed by atoms with Crippen molar-refractivity contribution in [3.8, 4) is 5.75 Å². The molecule has 0 fully saturated rings. The second-order valence-electron chi connectivity index (χ2n) is 4.70. The summed E-state index contributed by atoms with van der Waals surface area (Å²) in [5, 5.41) is 11.8. The molecule has 2 aromatic carbocycles. The van der Waals surface area contributed by atoms with Gasteiger partial charge in [-0.2, -0.15) is 0 Å². The molecule has 0 bridgehead atoms. The summed E-state index contributed by atoms with van der Waals surface area (Å²) in [5.74, 6) is 0.958. The van der Waals surface area contributed by atoms with E-state index in [2.05, 4.69) is 10.1 Å². The maximum absolute atomic E-state index is 8.75. The number of hydrogen-bond donors (Lipinski definition) is 2. The van der Waals surface area contributed by atoms with Crippen molar-refractivity contribution in [3.05, 3.63) is 59.7 Å². The SMILES string of the molecule is COc1ccccc1CN(C)c1cccc(C(N)=NO)c1. The summed E-state index contributed by atoms with van der Waals surface area (Å²) in [7, 11) is 3.65. The Balaban J connectivity index is 2.22. The highest BCUT2D eigenvalue weighted by Crippen LogP contribution is 2.22. The molecular formula is C16H19N3O2. The first kappa shape index (κ1) is 14.7. The summed E-state index contributed by atoms with van der Waals surface area (Å²) in [6.45, 7) is 0.698. The van der Waals surface area contributed by atoms with Crippen LogP contribution in [0.2, 0.25) is 0 Å². The van der Waals surface area contributed by atoms with E-state index in [1.54, 1.807) is 13.2 Å². The molecule has 0 aliphatic heterocycles. The molecule has 0 aliphatic rings. The molecule has 3 N–H and O–H groups in total. The molecule has 2 aromatic rings. The Kier molecular flexibility index (Phi) is 4.66. The molecule has 0 unspecified atom stereocenters. The first-order valence-corrected chi connectivity index (χ1v) is 6.56. The van der Waals surface area contributed by atoms with Crippen molar-refractivity contribution in [1.82, 2.24) is 0 Å². The van der Waals surface area contributed by atoms with E-state index < -0.39 is 0 Å². The van der Waals surface area contributed by atoms with Crippen molar-refractivity contribution in [1.29, 1.82) is 0 Å². The first-order chi connectivity index (χ1) is 10.2. The standard InChI is InChI=1S/C16H19N3O2/c1-19(11-13-6-3-4-9-15(13)21-2)14-8-5-7-12(10-14)16(17)18-20/h3-10,20H,11H2,1-2H3,(H2,17,18). The van der Waals surface area contributed by atoms with Crippen LogP contribution in [0.3, 0.4) is 0 Å². The average molecular weight is 285 g/mol. The van der Waals surface area contributed by atoms with Gasteiger partial charge in [0.15, 0.2) is 5.84 Å². The van der Waals surface area contributed by atoms with Gasteiger partial charge in [0.1, 0.15) is 5.75 Å². The summed E-state index contributed by atoms with van der Waals surface area (Å²) < 4.78 is 5.36. The minimum absolute atomic E-state index is 0.0996. The second-order valence-corrected chi connectivity index (χ2v) is 4.70. The molecule has 0 amide bonds. The largest absolute Gasteiger partial charge is 0.496 e. The van der Waals surface area contributed by atoms with Gasteiger partial charge in [0.2, 0.25) is 0 Å². The molecule has 5 heteroatoms. The maximum atomic E-state index is 8.75. The van der Waals surface area contributed by atoms with E-state index in [4.69, 9.17) is 15.7 Å². The van der Waals surface area contributed by atoms with E-state index in [1.807, 2.05) is 49.5 Å². The molecule has 21 heavy (non-hydrogen) atoms. The third-order valence-electron chi connectivity index (χ3n) is 3.29. The third-order valence-corrected chi connectivity index (χ3v) is 3.29. The fourth-order valence-electron chi connectivity index (χ4n) is 2.14. The zero-order valence-electron chi connectivity index (χ0n) is 12.2. The Morgan fingerprint density at radius 2 is 2.00 bits per heavy atom. The maximum Gasteiger partial charge on any atom is 0.170 e. The molecule has 2 rings (SSSR count). The number of nitrogens with two attached hydrogens (primary N) is 1. The molecule has 0 spiro atoms. The molecule has 0 saturated heterocycles. The van der Waals surface area contributed by atoms with Crippen LogP contribution in [0.25, 0.3) is 0 Å². The van der Waals surface area contributed by atoms with E-state index in [9.17, 15) is 0 Å². The van der Waals surface area contributed by atoms with Crippen LogP contribution in [-0.4, -0.2) is 25.2 Å². The Morgan fingerprint density at radius 3 is 2.71 bits per heavy atom. The molecule has 5 nitrogen and oxygen atoms in total. The number of nitrogens with zero attached hydrogens (tertiary/aromatic N) is 2. The van der Waals surface area contributed by atoms with Gasteiger partial charge in [-0.05, 0) is 18.2 Å². The van der Waals surface area contributed by atoms with Crippen LogP contribution in [0, 0.1) is 0 Å². The number of rotatable bonds is 5. The summed E-state index contributed by atoms with van der Waals surface area (Å²) in [6.07, 6.45) is 0. The van der Waals surface area contributed by atoms with Crippen LogP contribution < -0.4 is 15.4 Å². The van der Waals surface area contributed by atoms with Gasteiger partial charge in [0.05, 0.1) is 7.11 Å². The lowest BCUT2D eigenvalue weighted by atomic mass is 10.1. The van der Waals surface area contributed by atoms with E-state index in [0.29, 0.717) is 12.1 Å². The number of para-hydroxylation sites is 1. The summed E-state index contributed by atoms with van der Waals surface area (Å²) in [6, 6.07) is 15.4. The molecule has 0 aromatic heterocycles. The van der Waals surface area contributed by atoms with Crippen LogP contribution in [0.1, 0.15) is 11.1 Å². The Hall–Kier alpha value is -2.69. The van der Waals surface area contributed by atoms with Crippen molar-refractivity contribution >= 4 is 11.5 Å². The van der Waals surface area contributed by atoms with Crippen molar-refractivity contribution in [2.24, 2.45) is 10.9 Å². The third kappa shape index (κ3) is 3.45. The van der Waals surface area contributed by atoms with Gasteiger partial charge in [0, 0.05) is 30.4 Å². The van der Waals surface area contributed by atoms with E-state index >= 15 is 0 Å². The smallest absolute Gasteiger partial charge is 0.170 e. The molecular weight excluding hydrogens is 266 g/mol. The number of oxime groups is 1. The number of ether oxygens (including phenoxy) is 1. The zero-order chi connectivity index (χ0) is 15.2. The van der Waals surface area contributed by atoms with Gasteiger partial charge in [-0.15, -0.1) is 0 Å². The number of hydrogen-bond acceptors (Lipinski definition) is 4. The van der Waals surface area contributed by atoms with Crippen molar-refractivity contribution in [3.63, 3.8) is 0 Å². The first-order valence-electron chi connectivity index (χ1n) is 6.56. The number of methoxy groups -OCH3 is 1. The highest BCUT2D eigenvalue weighted by atomic mass is 16.5. The van der Waals surface area contributed by atoms with Gasteiger partial charge >= 0.3 is 0 Å². The molecule has 0 radical (unpaired) electrons. The monoisotopic (exact) mass is 285 g/mol. The normalized spacial score (nSPS) is 11.2. The number of benzene rings is 2. The Bertz CT molecular complexity index is 641. The Morgan fingerprint density at radius 1 is 1.24 bits per heavy atom. The zero-order valence-corrected chi connectivity index (χ0v) is 12.2. The van der Waals surface area contributed by atoms with Crippen molar-refractivity contribution in [2.75, 3.05) is 19.1 Å². The predicted octanol–water partition coefficient (Wildman–Crippen LogP) is 2.43. The van der Waals surface area contributed by atoms with Crippen LogP contribution in [0.15, 0.2) is 53.7 Å². The number of amidine groups is 1. The lowest BCUT2D eigenvalue weighted by molar-refractivity contribution is 0.318. The summed E-state index contributed by atoms with van der Waals surface area (Å²) in [4.78, 5) is 2.08. The van der Waals surface area contributed by atoms with Crippen molar-refractivity contribution in [2.45, 2.75) is 6.54 Å². The van der Waals surface area contributed by atoms with Gasteiger partial charge < -0.3 is 20.6 Å². The molecule has 110 valence electrons. The summed E-state index contributed by atoms with van der Waals surface area (Å²) in [5.41, 5.74) is 8.38. The minimum Gasteiger partial charge on any atom is -0.496 e. The van der Waals surface area contributed by atoms with Crippen LogP contribution in [0.4, 0.5) is 5.69 Å². The highest BCUT2D eigenvalue weighted by molar-refractivity contribution is 5.97. The van der Waals surface area contributed by atoms with Gasteiger partial charge in [-0.3, -0.25) is 0 Å². The fraction of sp³-hybridized carbons (Fsp3) is 0.188. The minimum atomic E-state index is 0.0996.